The van der Waals surface area contributed by atoms with Crippen molar-refractivity contribution in [3.63, 3.8) is 0 Å². The number of rotatable bonds is 6. The molecule has 0 unspecified atom stereocenters. The van der Waals surface area contributed by atoms with E-state index in [9.17, 15) is 4.79 Å². The highest BCUT2D eigenvalue weighted by Crippen LogP contribution is 2.40. The zero-order valence-electron chi connectivity index (χ0n) is 16.6. The zero-order chi connectivity index (χ0) is 19.2. The lowest BCUT2D eigenvalue weighted by Gasteiger charge is -2.32. The second kappa shape index (κ2) is 8.93. The van der Waals surface area contributed by atoms with E-state index in [0.29, 0.717) is 6.61 Å². The molecule has 4 nitrogen and oxygen atoms in total. The predicted octanol–water partition coefficient (Wildman–Crippen LogP) is 5.53. The Morgan fingerprint density at radius 3 is 2.69 bits per heavy atom. The summed E-state index contributed by atoms with van der Waals surface area (Å²) >= 11 is 0. The largest absolute Gasteiger partial charge is 0.461 e. The molecular weight excluding hydrogens is 324 g/mol. The Kier molecular flexibility index (Phi) is 6.90. The average Bonchev–Trinajstić information content (AvgIpc) is 2.59. The van der Waals surface area contributed by atoms with Gasteiger partial charge in [-0.1, -0.05) is 38.5 Å². The third-order valence-corrected chi connectivity index (χ3v) is 4.75. The van der Waals surface area contributed by atoms with E-state index in [1.54, 1.807) is 6.20 Å². The fraction of sp³-hybridized carbons (Fsp3) is 0.500. The van der Waals surface area contributed by atoms with Crippen LogP contribution in [0.4, 0.5) is 0 Å². The minimum atomic E-state index is -0.423. The SMILES string of the molecule is CCCOC(=O)c1cnc(/C=C(C)/C=C/C2=C(C)CCCC2(C)C)cn1. The molecule has 1 aliphatic rings. The molecule has 0 saturated carbocycles. The lowest BCUT2D eigenvalue weighted by molar-refractivity contribution is 0.0497. The molecule has 0 aliphatic heterocycles. The van der Waals surface area contributed by atoms with Crippen LogP contribution in [0.25, 0.3) is 6.08 Å². The third kappa shape index (κ3) is 5.38. The Hall–Kier alpha value is -2.23. The maximum atomic E-state index is 11.7. The summed E-state index contributed by atoms with van der Waals surface area (Å²) in [6, 6.07) is 0. The highest BCUT2D eigenvalue weighted by molar-refractivity contribution is 5.86. The fourth-order valence-corrected chi connectivity index (χ4v) is 3.29. The summed E-state index contributed by atoms with van der Waals surface area (Å²) in [4.78, 5) is 20.2. The van der Waals surface area contributed by atoms with Gasteiger partial charge >= 0.3 is 5.97 Å². The van der Waals surface area contributed by atoms with E-state index in [1.807, 2.05) is 19.9 Å². The van der Waals surface area contributed by atoms with Crippen LogP contribution in [-0.4, -0.2) is 22.5 Å². The first-order valence-electron chi connectivity index (χ1n) is 9.39. The lowest BCUT2D eigenvalue weighted by Crippen LogP contribution is -2.19. The van der Waals surface area contributed by atoms with Crippen molar-refractivity contribution in [2.45, 2.75) is 60.3 Å². The fourth-order valence-electron chi connectivity index (χ4n) is 3.29. The highest BCUT2D eigenvalue weighted by Gasteiger charge is 2.26. The van der Waals surface area contributed by atoms with E-state index in [1.165, 1.54) is 36.6 Å². The number of esters is 1. The molecule has 0 spiro atoms. The van der Waals surface area contributed by atoms with Crippen molar-refractivity contribution in [3.8, 4) is 0 Å². The number of hydrogen-bond acceptors (Lipinski definition) is 4. The van der Waals surface area contributed by atoms with E-state index in [4.69, 9.17) is 4.74 Å². The summed E-state index contributed by atoms with van der Waals surface area (Å²) in [5.41, 5.74) is 5.24. The number of carbonyl (C=O) groups is 1. The van der Waals surface area contributed by atoms with Crippen molar-refractivity contribution >= 4 is 12.0 Å². The van der Waals surface area contributed by atoms with Crippen LogP contribution in [0.3, 0.4) is 0 Å². The number of carbonyl (C=O) groups excluding carboxylic acids is 1. The van der Waals surface area contributed by atoms with Crippen LogP contribution in [-0.2, 0) is 4.74 Å². The van der Waals surface area contributed by atoms with Crippen LogP contribution < -0.4 is 0 Å². The normalized spacial score (nSPS) is 17.7. The highest BCUT2D eigenvalue weighted by atomic mass is 16.5. The smallest absolute Gasteiger partial charge is 0.358 e. The molecule has 0 aromatic carbocycles. The molecule has 0 saturated heterocycles. The van der Waals surface area contributed by atoms with Crippen LogP contribution in [0.15, 0.2) is 41.3 Å². The second-order valence-corrected chi connectivity index (χ2v) is 7.62. The summed E-state index contributed by atoms with van der Waals surface area (Å²) in [6.07, 6.45) is 13.9. The zero-order valence-corrected chi connectivity index (χ0v) is 16.6. The number of ether oxygens (including phenoxy) is 1. The van der Waals surface area contributed by atoms with Gasteiger partial charge in [0.25, 0.3) is 0 Å². The molecule has 2 rings (SSSR count). The Morgan fingerprint density at radius 2 is 2.08 bits per heavy atom. The van der Waals surface area contributed by atoms with Gasteiger partial charge in [-0.2, -0.15) is 0 Å². The van der Waals surface area contributed by atoms with Crippen LogP contribution in [0.2, 0.25) is 0 Å². The summed E-state index contributed by atoms with van der Waals surface area (Å²) in [5.74, 6) is -0.423. The van der Waals surface area contributed by atoms with Crippen LogP contribution in [0, 0.1) is 5.41 Å². The summed E-state index contributed by atoms with van der Waals surface area (Å²) in [6.45, 7) is 11.3. The first-order chi connectivity index (χ1) is 12.3. The number of hydrogen-bond donors (Lipinski definition) is 0. The van der Waals surface area contributed by atoms with Gasteiger partial charge in [0.1, 0.15) is 0 Å². The molecule has 0 N–H and O–H groups in total. The van der Waals surface area contributed by atoms with E-state index in [-0.39, 0.29) is 11.1 Å². The molecule has 1 aliphatic carbocycles. The van der Waals surface area contributed by atoms with Crippen LogP contribution in [0.1, 0.15) is 76.5 Å². The van der Waals surface area contributed by atoms with Gasteiger partial charge < -0.3 is 4.74 Å². The quantitative estimate of drug-likeness (QED) is 0.498. The van der Waals surface area contributed by atoms with Crippen molar-refractivity contribution in [3.05, 3.63) is 52.7 Å². The molecule has 0 atom stereocenters. The molecule has 140 valence electrons. The lowest BCUT2D eigenvalue weighted by atomic mass is 9.72. The average molecular weight is 354 g/mol. The first-order valence-corrected chi connectivity index (χ1v) is 9.39. The summed E-state index contributed by atoms with van der Waals surface area (Å²) in [7, 11) is 0. The first kappa shape index (κ1) is 20.1. The second-order valence-electron chi connectivity index (χ2n) is 7.62. The molecule has 1 aromatic rings. The van der Waals surface area contributed by atoms with E-state index >= 15 is 0 Å². The minimum Gasteiger partial charge on any atom is -0.461 e. The number of allylic oxidation sites excluding steroid dienone is 5. The Bertz CT molecular complexity index is 725. The maximum Gasteiger partial charge on any atom is 0.358 e. The molecule has 4 heteroatoms. The molecule has 0 bridgehead atoms. The molecule has 0 amide bonds. The number of aromatic nitrogens is 2. The predicted molar refractivity (Wildman–Crippen MR) is 106 cm³/mol. The van der Waals surface area contributed by atoms with Crippen molar-refractivity contribution in [1.82, 2.24) is 9.97 Å². The molecule has 26 heavy (non-hydrogen) atoms. The van der Waals surface area contributed by atoms with Gasteiger partial charge in [0.15, 0.2) is 5.69 Å². The van der Waals surface area contributed by atoms with Gasteiger partial charge in [-0.15, -0.1) is 0 Å². The van der Waals surface area contributed by atoms with Crippen molar-refractivity contribution in [2.75, 3.05) is 6.61 Å². The van der Waals surface area contributed by atoms with E-state index < -0.39 is 5.97 Å². The molecule has 0 radical (unpaired) electrons. The molecule has 1 heterocycles. The Morgan fingerprint density at radius 1 is 1.31 bits per heavy atom. The van der Waals surface area contributed by atoms with Crippen LogP contribution in [0.5, 0.6) is 0 Å². The van der Waals surface area contributed by atoms with Gasteiger partial charge in [-0.05, 0) is 62.2 Å². The van der Waals surface area contributed by atoms with Gasteiger partial charge in [-0.3, -0.25) is 4.98 Å². The third-order valence-electron chi connectivity index (χ3n) is 4.75. The van der Waals surface area contributed by atoms with Crippen molar-refractivity contribution in [2.24, 2.45) is 5.41 Å². The summed E-state index contributed by atoms with van der Waals surface area (Å²) in [5, 5.41) is 0. The monoisotopic (exact) mass is 354 g/mol. The standard InChI is InChI=1S/C22H30N2O2/c1-6-12-26-21(25)20-15-23-18(14-24-20)13-16(2)9-10-19-17(3)8-7-11-22(19,4)5/h9-10,13-15H,6-8,11-12H2,1-5H3/b10-9+,16-13+. The van der Waals surface area contributed by atoms with Crippen molar-refractivity contribution in [1.29, 1.82) is 0 Å². The number of nitrogens with zero attached hydrogens (tertiary/aromatic N) is 2. The Balaban J connectivity index is 2.08. The maximum absolute atomic E-state index is 11.7. The topological polar surface area (TPSA) is 52.1 Å². The van der Waals surface area contributed by atoms with Crippen molar-refractivity contribution < 1.29 is 9.53 Å². The van der Waals surface area contributed by atoms with E-state index in [0.717, 1.165) is 17.7 Å². The molecule has 1 aromatic heterocycles. The van der Waals surface area contributed by atoms with Gasteiger partial charge in [0.2, 0.25) is 0 Å². The van der Waals surface area contributed by atoms with Gasteiger partial charge in [0.05, 0.1) is 24.7 Å². The Labute approximate surface area is 157 Å². The minimum absolute atomic E-state index is 0.236. The van der Waals surface area contributed by atoms with E-state index in [2.05, 4.69) is 42.9 Å². The molecule has 0 fully saturated rings. The summed E-state index contributed by atoms with van der Waals surface area (Å²) < 4.78 is 5.06. The van der Waals surface area contributed by atoms with Gasteiger partial charge in [0, 0.05) is 0 Å². The van der Waals surface area contributed by atoms with Crippen LogP contribution >= 0.6 is 0 Å². The molecular formula is C22H30N2O2. The van der Waals surface area contributed by atoms with Gasteiger partial charge in [-0.25, -0.2) is 9.78 Å².